The van der Waals surface area contributed by atoms with Crippen LogP contribution in [0.25, 0.3) is 11.5 Å². The summed E-state index contributed by atoms with van der Waals surface area (Å²) < 4.78 is 5.52. The topological polar surface area (TPSA) is 98.8 Å². The first kappa shape index (κ1) is 18.0. The van der Waals surface area contributed by atoms with E-state index in [1.807, 2.05) is 11.0 Å². The van der Waals surface area contributed by atoms with Gasteiger partial charge in [0.25, 0.3) is 5.91 Å². The molecule has 0 bridgehead atoms. The fourth-order valence-electron chi connectivity index (χ4n) is 4.34. The third-order valence-electron chi connectivity index (χ3n) is 5.86. The second kappa shape index (κ2) is 7.05. The third-order valence-corrected chi connectivity index (χ3v) is 6.08. The van der Waals surface area contributed by atoms with Gasteiger partial charge in [0.15, 0.2) is 0 Å². The van der Waals surface area contributed by atoms with Gasteiger partial charge in [-0.1, -0.05) is 16.8 Å². The van der Waals surface area contributed by atoms with E-state index >= 15 is 0 Å². The van der Waals surface area contributed by atoms with E-state index in [-0.39, 0.29) is 17.9 Å². The van der Waals surface area contributed by atoms with Crippen molar-refractivity contribution < 1.29 is 9.32 Å². The van der Waals surface area contributed by atoms with Crippen LogP contribution in [0.2, 0.25) is 5.02 Å². The summed E-state index contributed by atoms with van der Waals surface area (Å²) in [5.41, 5.74) is 2.95. The number of amides is 1. The van der Waals surface area contributed by atoms with Crippen LogP contribution >= 0.6 is 11.6 Å². The van der Waals surface area contributed by atoms with Gasteiger partial charge in [-0.05, 0) is 55.5 Å². The lowest BCUT2D eigenvalue weighted by Crippen LogP contribution is -2.45. The number of aromatic nitrogens is 3. The van der Waals surface area contributed by atoms with E-state index in [1.165, 1.54) is 0 Å². The summed E-state index contributed by atoms with van der Waals surface area (Å²) in [6, 6.07) is 9.44. The first-order valence-corrected chi connectivity index (χ1v) is 10.0. The number of nitrogens with zero attached hydrogens (tertiary/aromatic N) is 4. The minimum Gasteiger partial charge on any atom is -0.357 e. The van der Waals surface area contributed by atoms with Crippen molar-refractivity contribution in [3.63, 3.8) is 0 Å². The lowest BCUT2D eigenvalue weighted by molar-refractivity contribution is 0.0570. The number of benzene rings is 1. The van der Waals surface area contributed by atoms with Gasteiger partial charge in [0.05, 0.1) is 28.3 Å². The van der Waals surface area contributed by atoms with Crippen LogP contribution in [0.4, 0.5) is 0 Å². The molecule has 29 heavy (non-hydrogen) atoms. The molecule has 2 atom stereocenters. The average molecular weight is 408 g/mol. The number of rotatable bonds is 2. The molecule has 5 rings (SSSR count). The predicted octanol–water partition coefficient (Wildman–Crippen LogP) is 3.92. The van der Waals surface area contributed by atoms with E-state index in [0.29, 0.717) is 40.1 Å². The Hall–Kier alpha value is -3.11. The van der Waals surface area contributed by atoms with Crippen molar-refractivity contribution >= 4 is 17.5 Å². The van der Waals surface area contributed by atoms with Crippen LogP contribution in [0.15, 0.2) is 35.0 Å². The molecule has 0 radical (unpaired) electrons. The monoisotopic (exact) mass is 407 g/mol. The summed E-state index contributed by atoms with van der Waals surface area (Å²) in [6.45, 7) is 0.552. The summed E-state index contributed by atoms with van der Waals surface area (Å²) in [6.07, 6.45) is 5.16. The Balaban J connectivity index is 1.40. The molecule has 8 heteroatoms. The Morgan fingerprint density at radius 3 is 2.97 bits per heavy atom. The average Bonchev–Trinajstić information content (AvgIpc) is 3.38. The summed E-state index contributed by atoms with van der Waals surface area (Å²) in [5, 5.41) is 13.8. The lowest BCUT2D eigenvalue weighted by atomic mass is 9.90. The molecule has 0 saturated carbocycles. The van der Waals surface area contributed by atoms with Gasteiger partial charge in [-0.3, -0.25) is 4.79 Å². The molecule has 7 nitrogen and oxygen atoms in total. The molecule has 4 heterocycles. The Morgan fingerprint density at radius 1 is 1.28 bits per heavy atom. The minimum atomic E-state index is 0.00168. The van der Waals surface area contributed by atoms with Crippen molar-refractivity contribution in [1.29, 1.82) is 5.26 Å². The lowest BCUT2D eigenvalue weighted by Gasteiger charge is -2.37. The number of halogens is 1. The number of fused-ring (bicyclic) bond motifs is 2. The van der Waals surface area contributed by atoms with Crippen molar-refractivity contribution in [3.05, 3.63) is 58.1 Å². The van der Waals surface area contributed by atoms with Crippen molar-refractivity contribution in [1.82, 2.24) is 20.0 Å². The predicted molar refractivity (Wildman–Crippen MR) is 105 cm³/mol. The first-order valence-electron chi connectivity index (χ1n) is 9.64. The molecular formula is C21H18ClN5O2. The van der Waals surface area contributed by atoms with Crippen LogP contribution in [0.3, 0.4) is 0 Å². The number of H-pyrrole nitrogens is 1. The zero-order valence-electron chi connectivity index (χ0n) is 15.6. The molecule has 2 aromatic heterocycles. The largest absolute Gasteiger partial charge is 0.357 e. The fourth-order valence-corrected chi connectivity index (χ4v) is 4.50. The van der Waals surface area contributed by atoms with Gasteiger partial charge < -0.3 is 14.4 Å². The maximum Gasteiger partial charge on any atom is 0.254 e. The Kier molecular flexibility index (Phi) is 4.36. The zero-order valence-corrected chi connectivity index (χ0v) is 16.3. The molecule has 3 aromatic rings. The molecule has 0 unspecified atom stereocenters. The second-order valence-corrected chi connectivity index (χ2v) is 8.03. The highest BCUT2D eigenvalue weighted by atomic mass is 35.5. The van der Waals surface area contributed by atoms with E-state index in [4.69, 9.17) is 21.4 Å². The van der Waals surface area contributed by atoms with Crippen molar-refractivity contribution in [2.75, 3.05) is 6.54 Å². The Labute approximate surface area is 172 Å². The number of carbonyl (C=O) groups is 1. The number of nitrogens with one attached hydrogen (secondary N) is 1. The van der Waals surface area contributed by atoms with Gasteiger partial charge in [0, 0.05) is 24.3 Å². The highest BCUT2D eigenvalue weighted by Gasteiger charge is 2.37. The quantitative estimate of drug-likeness (QED) is 0.694. The van der Waals surface area contributed by atoms with Crippen molar-refractivity contribution in [2.45, 2.75) is 37.6 Å². The smallest absolute Gasteiger partial charge is 0.254 e. The minimum absolute atomic E-state index is 0.00168. The third kappa shape index (κ3) is 3.19. The number of piperidine rings is 1. The number of hydrogen-bond acceptors (Lipinski definition) is 5. The zero-order chi connectivity index (χ0) is 20.0. The molecule has 1 N–H and O–H groups in total. The van der Waals surface area contributed by atoms with E-state index in [2.05, 4.69) is 21.2 Å². The van der Waals surface area contributed by atoms with E-state index in [9.17, 15) is 4.79 Å². The van der Waals surface area contributed by atoms with Crippen LogP contribution < -0.4 is 0 Å². The van der Waals surface area contributed by atoms with Crippen LogP contribution in [0.5, 0.6) is 0 Å². The van der Waals surface area contributed by atoms with E-state index < -0.39 is 0 Å². The number of aryl methyl sites for hydroxylation is 1. The molecule has 2 aliphatic rings. The number of nitriles is 1. The first-order chi connectivity index (χ1) is 14.1. The number of hydrogen-bond donors (Lipinski definition) is 1. The van der Waals surface area contributed by atoms with Crippen LogP contribution in [0.1, 0.15) is 52.6 Å². The maximum atomic E-state index is 13.2. The summed E-state index contributed by atoms with van der Waals surface area (Å²) in [4.78, 5) is 22.7. The van der Waals surface area contributed by atoms with Crippen molar-refractivity contribution in [2.24, 2.45) is 0 Å². The SMILES string of the molecule is N#Cc1ccc2c(c1)CC[C@@H]1CC[C@H](c3nc(-c4cc(Cl)c[nH]4)no3)CN1C2=O. The summed E-state index contributed by atoms with van der Waals surface area (Å²) >= 11 is 5.95. The summed E-state index contributed by atoms with van der Waals surface area (Å²) in [5.74, 6) is 1.03. The summed E-state index contributed by atoms with van der Waals surface area (Å²) in [7, 11) is 0. The van der Waals surface area contributed by atoms with Gasteiger partial charge in [-0.15, -0.1) is 0 Å². The molecule has 1 saturated heterocycles. The van der Waals surface area contributed by atoms with Crippen LogP contribution in [-0.2, 0) is 6.42 Å². The van der Waals surface area contributed by atoms with E-state index in [0.717, 1.165) is 31.2 Å². The number of aromatic amines is 1. The van der Waals surface area contributed by atoms with Crippen molar-refractivity contribution in [3.8, 4) is 17.6 Å². The highest BCUT2D eigenvalue weighted by molar-refractivity contribution is 6.30. The van der Waals surface area contributed by atoms with Crippen LogP contribution in [0, 0.1) is 11.3 Å². The van der Waals surface area contributed by atoms with Crippen LogP contribution in [-0.4, -0.2) is 38.5 Å². The van der Waals surface area contributed by atoms with Gasteiger partial charge in [0.1, 0.15) is 0 Å². The Morgan fingerprint density at radius 2 is 2.17 bits per heavy atom. The molecule has 2 aliphatic heterocycles. The molecule has 146 valence electrons. The number of carbonyl (C=O) groups excluding carboxylic acids is 1. The molecule has 0 aliphatic carbocycles. The van der Waals surface area contributed by atoms with Gasteiger partial charge >= 0.3 is 0 Å². The van der Waals surface area contributed by atoms with Gasteiger partial charge in [-0.25, -0.2) is 0 Å². The molecule has 1 amide bonds. The molecule has 1 fully saturated rings. The van der Waals surface area contributed by atoms with Gasteiger partial charge in [0.2, 0.25) is 11.7 Å². The van der Waals surface area contributed by atoms with Gasteiger partial charge in [-0.2, -0.15) is 10.2 Å². The molecular weight excluding hydrogens is 390 g/mol. The molecule has 0 spiro atoms. The second-order valence-electron chi connectivity index (χ2n) is 7.60. The van der Waals surface area contributed by atoms with E-state index in [1.54, 1.807) is 24.4 Å². The maximum absolute atomic E-state index is 13.2. The fraction of sp³-hybridized carbons (Fsp3) is 0.333. The standard InChI is InChI=1S/C21H18ClN5O2/c22-15-8-18(24-10-15)19-25-20(29-26-19)14-3-5-16-4-2-13-7-12(9-23)1-6-17(13)21(28)27(16)11-14/h1,6-8,10,14,16,24H,2-5,11H2/t14-,16+/m0/s1. The molecule has 1 aromatic carbocycles. The Bertz CT molecular complexity index is 1130. The normalized spacial score (nSPS) is 21.2. The highest BCUT2D eigenvalue weighted by Crippen LogP contribution is 2.35.